The number of aryl methyl sites for hydroxylation is 1. The van der Waals surface area contributed by atoms with E-state index in [1.807, 2.05) is 12.3 Å². The standard InChI is InChI=1S/C13H13ClF2N2S/c1-8-17-10(7-19-8)6-18(2)13-11(15)3-9(5-14)4-12(13)16/h3-4,7H,5-6H2,1-2H3. The predicted molar refractivity (Wildman–Crippen MR) is 74.9 cm³/mol. The zero-order valence-electron chi connectivity index (χ0n) is 10.6. The first-order valence-corrected chi connectivity index (χ1v) is 7.08. The number of hydrogen-bond acceptors (Lipinski definition) is 3. The molecule has 19 heavy (non-hydrogen) atoms. The smallest absolute Gasteiger partial charge is 0.149 e. The molecule has 0 saturated carbocycles. The first-order valence-electron chi connectivity index (χ1n) is 5.67. The number of nitrogens with zero attached hydrogens (tertiary/aromatic N) is 2. The van der Waals surface area contributed by atoms with Gasteiger partial charge in [0.2, 0.25) is 0 Å². The van der Waals surface area contributed by atoms with Crippen LogP contribution in [0, 0.1) is 18.6 Å². The van der Waals surface area contributed by atoms with Crippen LogP contribution < -0.4 is 4.90 Å². The average molecular weight is 303 g/mol. The Morgan fingerprint density at radius 2 is 1.95 bits per heavy atom. The van der Waals surface area contributed by atoms with E-state index in [4.69, 9.17) is 11.6 Å². The number of rotatable bonds is 4. The van der Waals surface area contributed by atoms with Crippen LogP contribution in [-0.2, 0) is 12.4 Å². The first-order chi connectivity index (χ1) is 9.01. The van der Waals surface area contributed by atoms with Gasteiger partial charge < -0.3 is 4.90 Å². The summed E-state index contributed by atoms with van der Waals surface area (Å²) in [6.45, 7) is 2.25. The van der Waals surface area contributed by atoms with Crippen LogP contribution in [0.2, 0.25) is 0 Å². The van der Waals surface area contributed by atoms with E-state index in [1.165, 1.54) is 28.4 Å². The van der Waals surface area contributed by atoms with Crippen molar-refractivity contribution in [1.29, 1.82) is 0 Å². The second-order valence-corrected chi connectivity index (χ2v) is 5.59. The molecule has 1 aromatic carbocycles. The monoisotopic (exact) mass is 302 g/mol. The number of aromatic nitrogens is 1. The molecule has 0 aliphatic heterocycles. The van der Waals surface area contributed by atoms with Gasteiger partial charge in [0.25, 0.3) is 0 Å². The molecule has 0 aliphatic rings. The van der Waals surface area contributed by atoms with Gasteiger partial charge in [-0.25, -0.2) is 13.8 Å². The molecule has 0 N–H and O–H groups in total. The van der Waals surface area contributed by atoms with Crippen molar-refractivity contribution in [2.75, 3.05) is 11.9 Å². The Balaban J connectivity index is 2.26. The van der Waals surface area contributed by atoms with Crippen molar-refractivity contribution in [3.8, 4) is 0 Å². The number of anilines is 1. The molecule has 102 valence electrons. The van der Waals surface area contributed by atoms with Crippen LogP contribution in [0.3, 0.4) is 0 Å². The molecule has 0 radical (unpaired) electrons. The summed E-state index contributed by atoms with van der Waals surface area (Å²) in [5, 5.41) is 2.82. The van der Waals surface area contributed by atoms with Crippen molar-refractivity contribution >= 4 is 28.6 Å². The van der Waals surface area contributed by atoms with Crippen LogP contribution in [-0.4, -0.2) is 12.0 Å². The fraction of sp³-hybridized carbons (Fsp3) is 0.308. The van der Waals surface area contributed by atoms with Gasteiger partial charge >= 0.3 is 0 Å². The van der Waals surface area contributed by atoms with Gasteiger partial charge in [0.05, 0.1) is 17.2 Å². The Morgan fingerprint density at radius 3 is 2.42 bits per heavy atom. The molecule has 0 fully saturated rings. The molecule has 0 atom stereocenters. The fourth-order valence-electron chi connectivity index (χ4n) is 1.86. The third kappa shape index (κ3) is 3.22. The summed E-state index contributed by atoms with van der Waals surface area (Å²) in [7, 11) is 1.64. The van der Waals surface area contributed by atoms with Crippen LogP contribution in [0.1, 0.15) is 16.3 Å². The number of halogens is 3. The normalized spacial score (nSPS) is 10.8. The van der Waals surface area contributed by atoms with Crippen LogP contribution >= 0.6 is 22.9 Å². The van der Waals surface area contributed by atoms with Gasteiger partial charge in [-0.1, -0.05) is 0 Å². The molecule has 0 saturated heterocycles. The highest BCUT2D eigenvalue weighted by molar-refractivity contribution is 7.09. The summed E-state index contributed by atoms with van der Waals surface area (Å²) >= 11 is 7.09. The molecule has 0 spiro atoms. The van der Waals surface area contributed by atoms with Crippen molar-refractivity contribution in [2.24, 2.45) is 0 Å². The van der Waals surface area contributed by atoms with E-state index >= 15 is 0 Å². The van der Waals surface area contributed by atoms with Gasteiger partial charge in [-0.05, 0) is 24.6 Å². The van der Waals surface area contributed by atoms with Gasteiger partial charge in [0.1, 0.15) is 17.3 Å². The highest BCUT2D eigenvalue weighted by Crippen LogP contribution is 2.26. The molecule has 1 aromatic heterocycles. The Labute approximate surface area is 119 Å². The highest BCUT2D eigenvalue weighted by Gasteiger charge is 2.16. The van der Waals surface area contributed by atoms with E-state index in [2.05, 4.69) is 4.98 Å². The van der Waals surface area contributed by atoms with Gasteiger partial charge in [-0.3, -0.25) is 0 Å². The maximum Gasteiger partial charge on any atom is 0.149 e. The Hall–Kier alpha value is -1.20. The lowest BCUT2D eigenvalue weighted by atomic mass is 10.2. The second-order valence-electron chi connectivity index (χ2n) is 4.26. The zero-order valence-corrected chi connectivity index (χ0v) is 12.2. The van der Waals surface area contributed by atoms with Crippen molar-refractivity contribution in [1.82, 2.24) is 4.98 Å². The lowest BCUT2D eigenvalue weighted by molar-refractivity contribution is 0.574. The summed E-state index contributed by atoms with van der Waals surface area (Å²) in [4.78, 5) is 5.79. The summed E-state index contributed by atoms with van der Waals surface area (Å²) in [6.07, 6.45) is 0. The van der Waals surface area contributed by atoms with Crippen LogP contribution in [0.5, 0.6) is 0 Å². The van der Waals surface area contributed by atoms with Gasteiger partial charge in [-0.15, -0.1) is 22.9 Å². The Morgan fingerprint density at radius 1 is 1.32 bits per heavy atom. The third-order valence-corrected chi connectivity index (χ3v) is 3.81. The topological polar surface area (TPSA) is 16.1 Å². The van der Waals surface area contributed by atoms with E-state index in [0.29, 0.717) is 12.1 Å². The highest BCUT2D eigenvalue weighted by atomic mass is 35.5. The summed E-state index contributed by atoms with van der Waals surface area (Å²) in [5.74, 6) is -1.13. The molecule has 2 aromatic rings. The summed E-state index contributed by atoms with van der Waals surface area (Å²) in [6, 6.07) is 2.52. The lowest BCUT2D eigenvalue weighted by Crippen LogP contribution is -2.19. The van der Waals surface area contributed by atoms with E-state index in [1.54, 1.807) is 7.05 Å². The molecule has 1 heterocycles. The molecule has 0 unspecified atom stereocenters. The Kier molecular flexibility index (Phi) is 4.37. The minimum Gasteiger partial charge on any atom is -0.364 e. The van der Waals surface area contributed by atoms with Crippen LogP contribution in [0.25, 0.3) is 0 Å². The van der Waals surface area contributed by atoms with E-state index < -0.39 is 11.6 Å². The van der Waals surface area contributed by atoms with Gasteiger partial charge in [0, 0.05) is 18.3 Å². The Bertz CT molecular complexity index is 563. The van der Waals surface area contributed by atoms with Crippen molar-refractivity contribution in [3.63, 3.8) is 0 Å². The van der Waals surface area contributed by atoms with Crippen LogP contribution in [0.4, 0.5) is 14.5 Å². The summed E-state index contributed by atoms with van der Waals surface area (Å²) in [5.41, 5.74) is 1.17. The SMILES string of the molecule is Cc1nc(CN(C)c2c(F)cc(CCl)cc2F)cs1. The quantitative estimate of drug-likeness (QED) is 0.790. The van der Waals surface area contributed by atoms with Crippen molar-refractivity contribution in [3.05, 3.63) is 45.4 Å². The maximum absolute atomic E-state index is 13.9. The predicted octanol–water partition coefficient (Wildman–Crippen LogP) is 4.10. The van der Waals surface area contributed by atoms with Gasteiger partial charge in [0.15, 0.2) is 0 Å². The first kappa shape index (κ1) is 14.2. The fourth-order valence-corrected chi connectivity index (χ4v) is 2.62. The molecular weight excluding hydrogens is 290 g/mol. The molecule has 2 rings (SSSR count). The van der Waals surface area contributed by atoms with E-state index in [9.17, 15) is 8.78 Å². The molecule has 6 heteroatoms. The van der Waals surface area contributed by atoms with Crippen molar-refractivity contribution < 1.29 is 8.78 Å². The maximum atomic E-state index is 13.9. The molecule has 2 nitrogen and oxygen atoms in total. The van der Waals surface area contributed by atoms with Gasteiger partial charge in [-0.2, -0.15) is 0 Å². The summed E-state index contributed by atoms with van der Waals surface area (Å²) < 4.78 is 27.8. The number of alkyl halides is 1. The van der Waals surface area contributed by atoms with E-state index in [-0.39, 0.29) is 11.6 Å². The minimum atomic E-state index is -0.606. The number of benzene rings is 1. The molecule has 0 aliphatic carbocycles. The second kappa shape index (κ2) is 5.84. The van der Waals surface area contributed by atoms with Crippen LogP contribution in [0.15, 0.2) is 17.5 Å². The zero-order chi connectivity index (χ0) is 14.0. The number of hydrogen-bond donors (Lipinski definition) is 0. The number of thiazole rings is 1. The molecule has 0 amide bonds. The minimum absolute atomic E-state index is 0.0560. The average Bonchev–Trinajstić information content (AvgIpc) is 2.73. The lowest BCUT2D eigenvalue weighted by Gasteiger charge is -2.20. The molecule has 0 bridgehead atoms. The largest absolute Gasteiger partial charge is 0.364 e. The van der Waals surface area contributed by atoms with Crippen molar-refractivity contribution in [2.45, 2.75) is 19.3 Å². The molecular formula is C13H13ClF2N2S. The third-order valence-electron chi connectivity index (χ3n) is 2.68. The van der Waals surface area contributed by atoms with E-state index in [0.717, 1.165) is 10.7 Å².